The summed E-state index contributed by atoms with van der Waals surface area (Å²) in [5.41, 5.74) is 9.18. The van der Waals surface area contributed by atoms with E-state index >= 15 is 0 Å². The van der Waals surface area contributed by atoms with Crippen LogP contribution in [0.1, 0.15) is 11.4 Å². The number of anilines is 3. The van der Waals surface area contributed by atoms with Crippen LogP contribution in [-0.2, 0) is 7.05 Å². The molecule has 0 aliphatic rings. The van der Waals surface area contributed by atoms with E-state index in [9.17, 15) is 0 Å². The summed E-state index contributed by atoms with van der Waals surface area (Å²) in [4.78, 5) is 13.0. The second-order valence-corrected chi connectivity index (χ2v) is 5.13. The molecule has 0 unspecified atom stereocenters. The minimum atomic E-state index is 0.212. The third-order valence-electron chi connectivity index (χ3n) is 3.65. The smallest absolute Gasteiger partial charge is 0.224 e. The van der Waals surface area contributed by atoms with Gasteiger partial charge in [-0.05, 0) is 37.6 Å². The first-order valence-corrected chi connectivity index (χ1v) is 6.88. The Morgan fingerprint density at radius 2 is 1.95 bits per heavy atom. The highest BCUT2D eigenvalue weighted by Crippen LogP contribution is 2.27. The monoisotopic (exact) mass is 298 g/mol. The molecule has 0 amide bonds. The van der Waals surface area contributed by atoms with Gasteiger partial charge in [0.05, 0.1) is 7.11 Å². The van der Waals surface area contributed by atoms with Gasteiger partial charge in [0.15, 0.2) is 17.0 Å². The molecule has 7 nitrogen and oxygen atoms in total. The largest absolute Gasteiger partial charge is 0.497 e. The van der Waals surface area contributed by atoms with Crippen LogP contribution in [0.5, 0.6) is 5.75 Å². The molecule has 2 aromatic heterocycles. The number of benzene rings is 1. The molecule has 0 bridgehead atoms. The number of hydrogen-bond donors (Lipinski definition) is 2. The lowest BCUT2D eigenvalue weighted by Crippen LogP contribution is -2.03. The van der Waals surface area contributed by atoms with E-state index in [1.807, 2.05) is 43.7 Å². The zero-order valence-electron chi connectivity index (χ0n) is 13.0. The fourth-order valence-corrected chi connectivity index (χ4v) is 2.30. The molecule has 3 aromatic rings. The number of aromatic nitrogens is 4. The minimum Gasteiger partial charge on any atom is -0.497 e. The summed E-state index contributed by atoms with van der Waals surface area (Å²) in [5, 5.41) is 3.29. The number of nitrogens with one attached hydrogen (secondary N) is 1. The van der Waals surface area contributed by atoms with Gasteiger partial charge >= 0.3 is 0 Å². The molecule has 3 N–H and O–H groups in total. The highest BCUT2D eigenvalue weighted by atomic mass is 16.5. The van der Waals surface area contributed by atoms with Crippen LogP contribution in [0.15, 0.2) is 18.2 Å². The second-order valence-electron chi connectivity index (χ2n) is 5.13. The molecule has 0 spiro atoms. The van der Waals surface area contributed by atoms with Crippen molar-refractivity contribution in [1.82, 2.24) is 19.5 Å². The lowest BCUT2D eigenvalue weighted by atomic mass is 10.2. The highest BCUT2D eigenvalue weighted by Gasteiger charge is 2.14. The standard InChI is InChI=1S/C15H18N6O/c1-8-7-10(22-4)5-6-11(8)18-13-12-14(20-15(16)19-13)21(3)9(2)17-12/h5-7H,1-4H3,(H3,16,18,19,20). The Kier molecular flexibility index (Phi) is 3.32. The summed E-state index contributed by atoms with van der Waals surface area (Å²) < 4.78 is 7.11. The lowest BCUT2D eigenvalue weighted by Gasteiger charge is -2.11. The molecular formula is C15H18N6O. The number of rotatable bonds is 3. The van der Waals surface area contributed by atoms with E-state index in [4.69, 9.17) is 10.5 Å². The Morgan fingerprint density at radius 1 is 1.18 bits per heavy atom. The summed E-state index contributed by atoms with van der Waals surface area (Å²) in [5.74, 6) is 2.47. The van der Waals surface area contributed by atoms with Gasteiger partial charge in [0, 0.05) is 12.7 Å². The number of aryl methyl sites for hydroxylation is 3. The molecule has 0 saturated heterocycles. The fraction of sp³-hybridized carbons (Fsp3) is 0.267. The molecule has 0 saturated carbocycles. The Bertz CT molecular complexity index is 855. The highest BCUT2D eigenvalue weighted by molar-refractivity contribution is 5.87. The predicted octanol–water partition coefficient (Wildman–Crippen LogP) is 2.31. The van der Waals surface area contributed by atoms with Crippen molar-refractivity contribution in [3.63, 3.8) is 0 Å². The normalized spacial score (nSPS) is 10.9. The molecule has 0 atom stereocenters. The quantitative estimate of drug-likeness (QED) is 0.771. The van der Waals surface area contributed by atoms with Crippen LogP contribution in [0.25, 0.3) is 11.2 Å². The molecule has 2 heterocycles. The average molecular weight is 298 g/mol. The van der Waals surface area contributed by atoms with E-state index in [0.717, 1.165) is 22.8 Å². The van der Waals surface area contributed by atoms with Crippen molar-refractivity contribution in [3.05, 3.63) is 29.6 Å². The van der Waals surface area contributed by atoms with Crippen LogP contribution >= 0.6 is 0 Å². The average Bonchev–Trinajstić information content (AvgIpc) is 2.77. The number of methoxy groups -OCH3 is 1. The molecule has 3 rings (SSSR count). The van der Waals surface area contributed by atoms with E-state index in [0.29, 0.717) is 17.0 Å². The van der Waals surface area contributed by atoms with E-state index < -0.39 is 0 Å². The number of fused-ring (bicyclic) bond motifs is 1. The van der Waals surface area contributed by atoms with Crippen LogP contribution < -0.4 is 15.8 Å². The first kappa shape index (κ1) is 14.1. The number of hydrogen-bond acceptors (Lipinski definition) is 6. The van der Waals surface area contributed by atoms with E-state index in [1.165, 1.54) is 0 Å². The third-order valence-corrected chi connectivity index (χ3v) is 3.65. The summed E-state index contributed by atoms with van der Waals surface area (Å²) in [7, 11) is 3.55. The first-order valence-electron chi connectivity index (χ1n) is 6.88. The summed E-state index contributed by atoms with van der Waals surface area (Å²) >= 11 is 0. The van der Waals surface area contributed by atoms with Gasteiger partial charge in [0.25, 0.3) is 0 Å². The van der Waals surface area contributed by atoms with E-state index in [2.05, 4.69) is 20.3 Å². The van der Waals surface area contributed by atoms with Crippen molar-refractivity contribution < 1.29 is 4.74 Å². The van der Waals surface area contributed by atoms with Crippen LogP contribution in [-0.4, -0.2) is 26.6 Å². The molecule has 0 aliphatic carbocycles. The van der Waals surface area contributed by atoms with Crippen molar-refractivity contribution in [2.45, 2.75) is 13.8 Å². The molecule has 7 heteroatoms. The third kappa shape index (κ3) is 2.30. The Labute approximate surface area is 128 Å². The van der Waals surface area contributed by atoms with Crippen molar-refractivity contribution in [3.8, 4) is 5.75 Å². The SMILES string of the molecule is COc1ccc(Nc2nc(N)nc3c2nc(C)n3C)c(C)c1. The first-order chi connectivity index (χ1) is 10.5. The Balaban J connectivity index is 2.09. The molecule has 114 valence electrons. The molecule has 0 aliphatic heterocycles. The van der Waals surface area contributed by atoms with E-state index in [1.54, 1.807) is 7.11 Å². The predicted molar refractivity (Wildman–Crippen MR) is 86.5 cm³/mol. The van der Waals surface area contributed by atoms with Gasteiger partial charge in [-0.3, -0.25) is 0 Å². The van der Waals surface area contributed by atoms with Gasteiger partial charge in [-0.25, -0.2) is 4.98 Å². The van der Waals surface area contributed by atoms with Gasteiger partial charge in [0.2, 0.25) is 5.95 Å². The topological polar surface area (TPSA) is 90.9 Å². The maximum absolute atomic E-state index is 5.82. The van der Waals surface area contributed by atoms with Crippen LogP contribution in [0.2, 0.25) is 0 Å². The Morgan fingerprint density at radius 3 is 2.64 bits per heavy atom. The molecular weight excluding hydrogens is 280 g/mol. The van der Waals surface area contributed by atoms with Gasteiger partial charge in [-0.15, -0.1) is 0 Å². The summed E-state index contributed by atoms with van der Waals surface area (Å²) in [6.45, 7) is 3.91. The number of nitrogens with zero attached hydrogens (tertiary/aromatic N) is 4. The van der Waals surface area contributed by atoms with Crippen LogP contribution in [0.3, 0.4) is 0 Å². The van der Waals surface area contributed by atoms with Gasteiger partial charge < -0.3 is 20.4 Å². The van der Waals surface area contributed by atoms with Gasteiger partial charge in [-0.1, -0.05) is 0 Å². The number of imidazole rings is 1. The number of ether oxygens (including phenoxy) is 1. The zero-order valence-corrected chi connectivity index (χ0v) is 13.0. The lowest BCUT2D eigenvalue weighted by molar-refractivity contribution is 0.414. The minimum absolute atomic E-state index is 0.212. The van der Waals surface area contributed by atoms with Gasteiger partial charge in [-0.2, -0.15) is 9.97 Å². The van der Waals surface area contributed by atoms with Crippen LogP contribution in [0.4, 0.5) is 17.5 Å². The maximum atomic E-state index is 5.82. The van der Waals surface area contributed by atoms with Crippen molar-refractivity contribution in [2.75, 3.05) is 18.2 Å². The van der Waals surface area contributed by atoms with Crippen molar-refractivity contribution >= 4 is 28.6 Å². The van der Waals surface area contributed by atoms with Crippen LogP contribution in [0, 0.1) is 13.8 Å². The molecule has 1 aromatic carbocycles. The van der Waals surface area contributed by atoms with Crippen molar-refractivity contribution in [1.29, 1.82) is 0 Å². The zero-order chi connectivity index (χ0) is 15.9. The Hall–Kier alpha value is -2.83. The second kappa shape index (κ2) is 5.18. The molecule has 0 radical (unpaired) electrons. The maximum Gasteiger partial charge on any atom is 0.224 e. The summed E-state index contributed by atoms with van der Waals surface area (Å²) in [6, 6.07) is 5.78. The van der Waals surface area contributed by atoms with E-state index in [-0.39, 0.29) is 5.95 Å². The molecule has 0 fully saturated rings. The number of nitrogen functional groups attached to an aromatic ring is 1. The fourth-order valence-electron chi connectivity index (χ4n) is 2.30. The summed E-state index contributed by atoms with van der Waals surface area (Å²) in [6.07, 6.45) is 0. The van der Waals surface area contributed by atoms with Crippen molar-refractivity contribution in [2.24, 2.45) is 7.05 Å². The molecule has 22 heavy (non-hydrogen) atoms. The number of nitrogens with two attached hydrogens (primary N) is 1. The van der Waals surface area contributed by atoms with Gasteiger partial charge in [0.1, 0.15) is 11.6 Å².